The number of fused-ring (bicyclic) bond motifs is 1. The largest absolute Gasteiger partial charge is 0.371 e. The Morgan fingerprint density at radius 2 is 2.13 bits per heavy atom. The average molecular weight is 204 g/mol. The summed E-state index contributed by atoms with van der Waals surface area (Å²) in [5, 5.41) is 1.18. The second-order valence-electron chi connectivity index (χ2n) is 3.91. The molecule has 3 heteroatoms. The van der Waals surface area contributed by atoms with Crippen molar-refractivity contribution in [2.24, 2.45) is 5.73 Å². The normalized spacial score (nSPS) is 15.4. The number of nitrogens with one attached hydrogen (secondary N) is 1. The summed E-state index contributed by atoms with van der Waals surface area (Å²) in [7, 11) is 1.68. The molecule has 1 aromatic heterocycles. The zero-order valence-electron chi connectivity index (χ0n) is 9.08. The minimum Gasteiger partial charge on any atom is -0.371 e. The van der Waals surface area contributed by atoms with E-state index in [1.54, 1.807) is 7.11 Å². The molecule has 0 radical (unpaired) electrons. The molecule has 0 fully saturated rings. The van der Waals surface area contributed by atoms with Crippen LogP contribution in [0.4, 0.5) is 0 Å². The van der Waals surface area contributed by atoms with Crippen molar-refractivity contribution in [1.29, 1.82) is 0 Å². The maximum atomic E-state index is 5.73. The SMILES string of the molecule is COC(C)(CN)c1cc2ccccc2[nH]1. The van der Waals surface area contributed by atoms with Gasteiger partial charge < -0.3 is 15.5 Å². The highest BCUT2D eigenvalue weighted by Crippen LogP contribution is 2.26. The number of aromatic nitrogens is 1. The third kappa shape index (κ3) is 1.64. The lowest BCUT2D eigenvalue weighted by atomic mass is 10.0. The number of aromatic amines is 1. The zero-order chi connectivity index (χ0) is 10.9. The molecule has 0 spiro atoms. The molecule has 0 amide bonds. The molecule has 0 aliphatic heterocycles. The Morgan fingerprint density at radius 3 is 2.73 bits per heavy atom. The average Bonchev–Trinajstić information content (AvgIpc) is 2.72. The molecule has 1 atom stereocenters. The van der Waals surface area contributed by atoms with E-state index in [0.29, 0.717) is 6.54 Å². The number of rotatable bonds is 3. The highest BCUT2D eigenvalue weighted by molar-refractivity contribution is 5.80. The summed E-state index contributed by atoms with van der Waals surface area (Å²) in [5.74, 6) is 0. The molecule has 0 saturated heterocycles. The van der Waals surface area contributed by atoms with E-state index >= 15 is 0 Å². The maximum absolute atomic E-state index is 5.73. The van der Waals surface area contributed by atoms with E-state index in [2.05, 4.69) is 17.1 Å². The summed E-state index contributed by atoms with van der Waals surface area (Å²) in [6, 6.07) is 10.2. The van der Waals surface area contributed by atoms with Crippen LogP contribution in [0.15, 0.2) is 30.3 Å². The van der Waals surface area contributed by atoms with Crippen LogP contribution >= 0.6 is 0 Å². The lowest BCUT2D eigenvalue weighted by Gasteiger charge is -2.24. The van der Waals surface area contributed by atoms with Crippen molar-refractivity contribution in [2.45, 2.75) is 12.5 Å². The van der Waals surface area contributed by atoms with Gasteiger partial charge in [0.05, 0.1) is 0 Å². The molecule has 1 heterocycles. The van der Waals surface area contributed by atoms with Crippen LogP contribution in [0.5, 0.6) is 0 Å². The Morgan fingerprint density at radius 1 is 1.40 bits per heavy atom. The summed E-state index contributed by atoms with van der Waals surface area (Å²) in [5.41, 5.74) is 7.43. The molecule has 1 unspecified atom stereocenters. The summed E-state index contributed by atoms with van der Waals surface area (Å²) in [6.45, 7) is 2.44. The van der Waals surface area contributed by atoms with Gasteiger partial charge in [-0.15, -0.1) is 0 Å². The summed E-state index contributed by atoms with van der Waals surface area (Å²) in [4.78, 5) is 3.33. The number of hydrogen-bond donors (Lipinski definition) is 2. The maximum Gasteiger partial charge on any atom is 0.117 e. The lowest BCUT2D eigenvalue weighted by Crippen LogP contribution is -2.34. The fourth-order valence-corrected chi connectivity index (χ4v) is 1.66. The molecule has 2 rings (SSSR count). The van der Waals surface area contributed by atoms with Gasteiger partial charge in [-0.3, -0.25) is 0 Å². The Balaban J connectivity index is 2.52. The molecule has 0 aliphatic rings. The standard InChI is InChI=1S/C12H16N2O/c1-12(8-13,15-2)11-7-9-5-3-4-6-10(9)14-11/h3-7,14H,8,13H2,1-2H3. The van der Waals surface area contributed by atoms with Crippen LogP contribution in [-0.2, 0) is 10.3 Å². The van der Waals surface area contributed by atoms with Gasteiger partial charge in [-0.05, 0) is 24.4 Å². The first-order valence-electron chi connectivity index (χ1n) is 5.03. The van der Waals surface area contributed by atoms with Crippen LogP contribution in [0.25, 0.3) is 10.9 Å². The second-order valence-corrected chi connectivity index (χ2v) is 3.91. The number of para-hydroxylation sites is 1. The molecular weight excluding hydrogens is 188 g/mol. The van der Waals surface area contributed by atoms with E-state index < -0.39 is 5.60 Å². The number of benzene rings is 1. The Hall–Kier alpha value is -1.32. The number of hydrogen-bond acceptors (Lipinski definition) is 2. The molecule has 0 aliphatic carbocycles. The van der Waals surface area contributed by atoms with Gasteiger partial charge in [0, 0.05) is 24.9 Å². The molecule has 80 valence electrons. The number of methoxy groups -OCH3 is 1. The van der Waals surface area contributed by atoms with Gasteiger partial charge in [0.25, 0.3) is 0 Å². The van der Waals surface area contributed by atoms with Gasteiger partial charge in [0.15, 0.2) is 0 Å². The monoisotopic (exact) mass is 204 g/mol. The third-order valence-corrected chi connectivity index (χ3v) is 2.94. The quantitative estimate of drug-likeness (QED) is 0.803. The molecule has 0 bridgehead atoms. The van der Waals surface area contributed by atoms with E-state index in [-0.39, 0.29) is 0 Å². The first kappa shape index (κ1) is 10.2. The highest BCUT2D eigenvalue weighted by atomic mass is 16.5. The number of nitrogens with two attached hydrogens (primary N) is 1. The van der Waals surface area contributed by atoms with Gasteiger partial charge in [0.1, 0.15) is 5.60 Å². The number of ether oxygens (including phenoxy) is 1. The van der Waals surface area contributed by atoms with Crippen molar-refractivity contribution in [2.75, 3.05) is 13.7 Å². The fraction of sp³-hybridized carbons (Fsp3) is 0.333. The molecule has 1 aromatic carbocycles. The van der Waals surface area contributed by atoms with Crippen molar-refractivity contribution >= 4 is 10.9 Å². The minimum absolute atomic E-state index is 0.432. The van der Waals surface area contributed by atoms with E-state index in [4.69, 9.17) is 10.5 Å². The first-order valence-corrected chi connectivity index (χ1v) is 5.03. The van der Waals surface area contributed by atoms with Gasteiger partial charge in [-0.25, -0.2) is 0 Å². The highest BCUT2D eigenvalue weighted by Gasteiger charge is 2.26. The molecule has 3 N–H and O–H groups in total. The zero-order valence-corrected chi connectivity index (χ0v) is 9.08. The van der Waals surface area contributed by atoms with E-state index in [0.717, 1.165) is 11.2 Å². The topological polar surface area (TPSA) is 51.0 Å². The molecule has 3 nitrogen and oxygen atoms in total. The molecule has 15 heavy (non-hydrogen) atoms. The summed E-state index contributed by atoms with van der Waals surface area (Å²) < 4.78 is 5.45. The van der Waals surface area contributed by atoms with E-state index in [1.165, 1.54) is 5.39 Å². The molecular formula is C12H16N2O. The Bertz CT molecular complexity index is 424. The van der Waals surface area contributed by atoms with Crippen LogP contribution < -0.4 is 5.73 Å². The molecule has 2 aromatic rings. The van der Waals surface area contributed by atoms with Crippen molar-refractivity contribution in [3.63, 3.8) is 0 Å². The van der Waals surface area contributed by atoms with Crippen LogP contribution in [0.1, 0.15) is 12.6 Å². The van der Waals surface area contributed by atoms with Crippen LogP contribution in [-0.4, -0.2) is 18.6 Å². The summed E-state index contributed by atoms with van der Waals surface area (Å²) >= 11 is 0. The van der Waals surface area contributed by atoms with E-state index in [9.17, 15) is 0 Å². The lowest BCUT2D eigenvalue weighted by molar-refractivity contribution is 0.00702. The van der Waals surface area contributed by atoms with Crippen LogP contribution in [0, 0.1) is 0 Å². The third-order valence-electron chi connectivity index (χ3n) is 2.94. The summed E-state index contributed by atoms with van der Waals surface area (Å²) in [6.07, 6.45) is 0. The van der Waals surface area contributed by atoms with Crippen LogP contribution in [0.3, 0.4) is 0 Å². The number of H-pyrrole nitrogens is 1. The van der Waals surface area contributed by atoms with Crippen molar-refractivity contribution in [3.8, 4) is 0 Å². The van der Waals surface area contributed by atoms with E-state index in [1.807, 2.05) is 25.1 Å². The van der Waals surface area contributed by atoms with Gasteiger partial charge in [-0.1, -0.05) is 18.2 Å². The van der Waals surface area contributed by atoms with Gasteiger partial charge in [-0.2, -0.15) is 0 Å². The molecule has 0 saturated carbocycles. The van der Waals surface area contributed by atoms with Gasteiger partial charge in [0.2, 0.25) is 0 Å². The van der Waals surface area contributed by atoms with Crippen LogP contribution in [0.2, 0.25) is 0 Å². The van der Waals surface area contributed by atoms with Gasteiger partial charge >= 0.3 is 0 Å². The van der Waals surface area contributed by atoms with Crippen molar-refractivity contribution < 1.29 is 4.74 Å². The Labute approximate surface area is 89.2 Å². The second kappa shape index (κ2) is 3.68. The van der Waals surface area contributed by atoms with Crippen molar-refractivity contribution in [1.82, 2.24) is 4.98 Å². The smallest absolute Gasteiger partial charge is 0.117 e. The fourth-order valence-electron chi connectivity index (χ4n) is 1.66. The predicted octanol–water partition coefficient (Wildman–Crippen LogP) is 1.99. The minimum atomic E-state index is -0.432. The Kier molecular flexibility index (Phi) is 2.50. The predicted molar refractivity (Wildman–Crippen MR) is 61.7 cm³/mol. The van der Waals surface area contributed by atoms with Crippen molar-refractivity contribution in [3.05, 3.63) is 36.0 Å². The first-order chi connectivity index (χ1) is 7.19.